The van der Waals surface area contributed by atoms with Gasteiger partial charge in [0.2, 0.25) is 0 Å². The first-order valence-corrected chi connectivity index (χ1v) is 8.66. The van der Waals surface area contributed by atoms with Crippen LogP contribution in [0.25, 0.3) is 6.08 Å². The quantitative estimate of drug-likeness (QED) is 0.736. The minimum atomic E-state index is -0.261. The van der Waals surface area contributed by atoms with Crippen LogP contribution in [0.2, 0.25) is 5.02 Å². The van der Waals surface area contributed by atoms with Gasteiger partial charge in [0.1, 0.15) is 0 Å². The summed E-state index contributed by atoms with van der Waals surface area (Å²) in [4.78, 5) is 27.3. The topological polar surface area (TPSA) is 37.4 Å². The van der Waals surface area contributed by atoms with Gasteiger partial charge in [0.15, 0.2) is 0 Å². The van der Waals surface area contributed by atoms with Gasteiger partial charge in [0.25, 0.3) is 11.1 Å². The highest BCUT2D eigenvalue weighted by atomic mass is 35.5. The third-order valence-corrected chi connectivity index (χ3v) is 5.57. The molecule has 0 aliphatic carbocycles. The Balaban J connectivity index is 1.85. The number of thiophene rings is 1. The summed E-state index contributed by atoms with van der Waals surface area (Å²) in [5.41, 5.74) is 1.86. The Morgan fingerprint density at radius 1 is 1.23 bits per heavy atom. The van der Waals surface area contributed by atoms with Gasteiger partial charge in [-0.15, -0.1) is 11.3 Å². The van der Waals surface area contributed by atoms with Crippen molar-refractivity contribution in [2.75, 3.05) is 0 Å². The smallest absolute Gasteiger partial charge is 0.268 e. The molecule has 1 aliphatic rings. The van der Waals surface area contributed by atoms with Crippen LogP contribution in [-0.2, 0) is 11.3 Å². The lowest BCUT2D eigenvalue weighted by Gasteiger charge is -2.13. The molecule has 0 radical (unpaired) electrons. The first-order valence-electron chi connectivity index (χ1n) is 6.59. The number of amides is 2. The first kappa shape index (κ1) is 15.3. The van der Waals surface area contributed by atoms with Gasteiger partial charge >= 0.3 is 0 Å². The second kappa shape index (κ2) is 6.28. The SMILES string of the molecule is Cc1ccsc1/C=C1/SC(=O)N(Cc2ccccc2Cl)C1=O. The molecule has 1 aliphatic heterocycles. The minimum Gasteiger partial charge on any atom is -0.268 e. The number of hydrogen-bond donors (Lipinski definition) is 0. The van der Waals surface area contributed by atoms with Gasteiger partial charge < -0.3 is 0 Å². The molecule has 2 heterocycles. The van der Waals surface area contributed by atoms with Crippen molar-refractivity contribution in [1.29, 1.82) is 0 Å². The number of carbonyl (C=O) groups excluding carboxylic acids is 2. The lowest BCUT2D eigenvalue weighted by Crippen LogP contribution is -2.27. The Hall–Kier alpha value is -1.56. The van der Waals surface area contributed by atoms with E-state index in [1.807, 2.05) is 36.6 Å². The molecule has 1 saturated heterocycles. The number of rotatable bonds is 3. The molecular formula is C16H12ClNO2S2. The summed E-state index contributed by atoms with van der Waals surface area (Å²) in [5, 5.41) is 2.26. The zero-order chi connectivity index (χ0) is 15.7. The average Bonchev–Trinajstić information content (AvgIpc) is 3.00. The van der Waals surface area contributed by atoms with E-state index in [1.165, 1.54) is 4.90 Å². The third-order valence-electron chi connectivity index (χ3n) is 3.32. The monoisotopic (exact) mass is 349 g/mol. The van der Waals surface area contributed by atoms with Gasteiger partial charge in [0, 0.05) is 9.90 Å². The van der Waals surface area contributed by atoms with Gasteiger partial charge in [-0.05, 0) is 53.4 Å². The number of carbonyl (C=O) groups is 2. The molecule has 0 spiro atoms. The van der Waals surface area contributed by atoms with Crippen LogP contribution >= 0.6 is 34.7 Å². The summed E-state index contributed by atoms with van der Waals surface area (Å²) in [6.45, 7) is 2.18. The summed E-state index contributed by atoms with van der Waals surface area (Å²) >= 11 is 8.63. The molecule has 2 amide bonds. The highest BCUT2D eigenvalue weighted by Gasteiger charge is 2.35. The summed E-state index contributed by atoms with van der Waals surface area (Å²) in [6, 6.07) is 9.22. The Morgan fingerprint density at radius 2 is 2.00 bits per heavy atom. The number of halogens is 1. The van der Waals surface area contributed by atoms with Gasteiger partial charge in [-0.1, -0.05) is 29.8 Å². The van der Waals surface area contributed by atoms with Crippen LogP contribution in [0.15, 0.2) is 40.6 Å². The predicted octanol–water partition coefficient (Wildman–Crippen LogP) is 4.95. The molecule has 0 N–H and O–H groups in total. The second-order valence-electron chi connectivity index (χ2n) is 4.83. The highest BCUT2D eigenvalue weighted by Crippen LogP contribution is 2.35. The zero-order valence-corrected chi connectivity index (χ0v) is 14.1. The normalized spacial score (nSPS) is 16.8. The Bertz CT molecular complexity index is 782. The van der Waals surface area contributed by atoms with Crippen molar-refractivity contribution in [3.05, 3.63) is 61.6 Å². The molecular weight excluding hydrogens is 338 g/mol. The Morgan fingerprint density at radius 3 is 2.68 bits per heavy atom. The number of nitrogens with zero attached hydrogens (tertiary/aromatic N) is 1. The third kappa shape index (κ3) is 2.97. The molecule has 1 aromatic heterocycles. The summed E-state index contributed by atoms with van der Waals surface area (Å²) < 4.78 is 0. The molecule has 2 aromatic rings. The Kier molecular flexibility index (Phi) is 4.38. The number of aryl methyl sites for hydroxylation is 1. The van der Waals surface area contributed by atoms with E-state index >= 15 is 0 Å². The largest absolute Gasteiger partial charge is 0.293 e. The minimum absolute atomic E-state index is 0.200. The summed E-state index contributed by atoms with van der Waals surface area (Å²) in [5.74, 6) is -0.261. The van der Waals surface area contributed by atoms with Crippen LogP contribution in [-0.4, -0.2) is 16.0 Å². The van der Waals surface area contributed by atoms with E-state index in [0.29, 0.717) is 9.93 Å². The van der Waals surface area contributed by atoms with E-state index in [2.05, 4.69) is 0 Å². The lowest BCUT2D eigenvalue weighted by molar-refractivity contribution is -0.123. The molecule has 0 saturated carbocycles. The van der Waals surface area contributed by atoms with Gasteiger partial charge in [-0.3, -0.25) is 14.5 Å². The van der Waals surface area contributed by atoms with Crippen molar-refractivity contribution in [3.63, 3.8) is 0 Å². The molecule has 1 aromatic carbocycles. The number of benzene rings is 1. The summed E-state index contributed by atoms with van der Waals surface area (Å²) in [6.07, 6.45) is 1.79. The molecule has 6 heteroatoms. The fourth-order valence-electron chi connectivity index (χ4n) is 2.08. The average molecular weight is 350 g/mol. The standard InChI is InChI=1S/C16H12ClNO2S2/c1-10-6-7-21-13(10)8-14-15(19)18(16(20)22-14)9-11-4-2-3-5-12(11)17/h2-8H,9H2,1H3/b14-8+. The van der Waals surface area contributed by atoms with Crippen molar-refractivity contribution in [1.82, 2.24) is 4.90 Å². The van der Waals surface area contributed by atoms with Crippen LogP contribution in [0.3, 0.4) is 0 Å². The first-order chi connectivity index (χ1) is 10.6. The molecule has 0 bridgehead atoms. The van der Waals surface area contributed by atoms with Crippen LogP contribution in [0.5, 0.6) is 0 Å². The highest BCUT2D eigenvalue weighted by molar-refractivity contribution is 8.18. The maximum absolute atomic E-state index is 12.4. The van der Waals surface area contributed by atoms with E-state index in [-0.39, 0.29) is 17.7 Å². The van der Waals surface area contributed by atoms with Crippen LogP contribution < -0.4 is 0 Å². The van der Waals surface area contributed by atoms with E-state index in [4.69, 9.17) is 11.6 Å². The molecule has 112 valence electrons. The molecule has 22 heavy (non-hydrogen) atoms. The molecule has 0 atom stereocenters. The fraction of sp³-hybridized carbons (Fsp3) is 0.125. The van der Waals surface area contributed by atoms with Gasteiger partial charge in [-0.25, -0.2) is 0 Å². The molecule has 3 rings (SSSR count). The summed E-state index contributed by atoms with van der Waals surface area (Å²) in [7, 11) is 0. The molecule has 0 unspecified atom stereocenters. The van der Waals surface area contributed by atoms with Crippen LogP contribution in [0.4, 0.5) is 4.79 Å². The number of hydrogen-bond acceptors (Lipinski definition) is 4. The van der Waals surface area contributed by atoms with Crippen molar-refractivity contribution in [3.8, 4) is 0 Å². The van der Waals surface area contributed by atoms with E-state index < -0.39 is 0 Å². The molecule has 3 nitrogen and oxygen atoms in total. The second-order valence-corrected chi connectivity index (χ2v) is 7.18. The maximum Gasteiger partial charge on any atom is 0.293 e. The van der Waals surface area contributed by atoms with Crippen molar-refractivity contribution < 1.29 is 9.59 Å². The predicted molar refractivity (Wildman–Crippen MR) is 92.0 cm³/mol. The van der Waals surface area contributed by atoms with Gasteiger partial charge in [0.05, 0.1) is 11.4 Å². The number of thioether (sulfide) groups is 1. The van der Waals surface area contributed by atoms with Crippen LogP contribution in [0, 0.1) is 6.92 Å². The van der Waals surface area contributed by atoms with E-state index in [1.54, 1.807) is 23.5 Å². The van der Waals surface area contributed by atoms with E-state index in [9.17, 15) is 9.59 Å². The van der Waals surface area contributed by atoms with Crippen molar-refractivity contribution in [2.45, 2.75) is 13.5 Å². The lowest BCUT2D eigenvalue weighted by atomic mass is 10.2. The molecule has 1 fully saturated rings. The van der Waals surface area contributed by atoms with Gasteiger partial charge in [-0.2, -0.15) is 0 Å². The van der Waals surface area contributed by atoms with Crippen LogP contribution in [0.1, 0.15) is 16.0 Å². The van der Waals surface area contributed by atoms with Crippen molar-refractivity contribution in [2.24, 2.45) is 0 Å². The number of imide groups is 1. The maximum atomic E-state index is 12.4. The van der Waals surface area contributed by atoms with E-state index in [0.717, 1.165) is 27.8 Å². The zero-order valence-electron chi connectivity index (χ0n) is 11.7. The van der Waals surface area contributed by atoms with Crippen molar-refractivity contribution >= 4 is 51.9 Å². The Labute approximate surface area is 141 Å². The fourth-order valence-corrected chi connectivity index (χ4v) is 4.03.